The molecule has 0 radical (unpaired) electrons. The Morgan fingerprint density at radius 1 is 1.19 bits per heavy atom. The number of pyridine rings is 1. The van der Waals surface area contributed by atoms with Gasteiger partial charge in [0.05, 0.1) is 17.7 Å². The van der Waals surface area contributed by atoms with Crippen molar-refractivity contribution in [2.75, 3.05) is 13.2 Å². The van der Waals surface area contributed by atoms with E-state index >= 15 is 0 Å². The first-order chi connectivity index (χ1) is 17.3. The quantitative estimate of drug-likeness (QED) is 0.442. The third kappa shape index (κ3) is 6.04. The first-order valence-electron chi connectivity index (χ1n) is 12.1. The first-order valence-corrected chi connectivity index (χ1v) is 12.1. The van der Waals surface area contributed by atoms with E-state index in [0.29, 0.717) is 49.4 Å². The van der Waals surface area contributed by atoms with Crippen LogP contribution >= 0.6 is 0 Å². The molecular weight excluding hydrogens is 458 g/mol. The van der Waals surface area contributed by atoms with Gasteiger partial charge in [-0.3, -0.25) is 9.59 Å². The standard InChI is InChI=1S/C27H31N5O4/c1-16(2)35-9-5-6-18-10-19(12-31-25(18)26(28)33)27(34)32-21-11-23-22(7-4-8-24(23)36-15-21)20-13-29-17(3)30-14-20/h4,7-8,10,12-14,16,21H,5-6,9,11,15H2,1-3H3,(H2,28,33)(H,32,34)/t21-/m0/s1. The molecule has 1 aromatic carbocycles. The van der Waals surface area contributed by atoms with Gasteiger partial charge in [0, 0.05) is 42.7 Å². The number of rotatable bonds is 9. The van der Waals surface area contributed by atoms with Crippen LogP contribution in [0, 0.1) is 6.92 Å². The number of ether oxygens (including phenoxy) is 2. The molecule has 0 unspecified atom stereocenters. The average molecular weight is 490 g/mol. The van der Waals surface area contributed by atoms with Crippen molar-refractivity contribution in [2.45, 2.75) is 52.2 Å². The van der Waals surface area contributed by atoms with Crippen LogP contribution in [0.3, 0.4) is 0 Å². The van der Waals surface area contributed by atoms with Crippen LogP contribution in [0.5, 0.6) is 5.75 Å². The molecule has 0 saturated carbocycles. The van der Waals surface area contributed by atoms with Crippen LogP contribution in [0.1, 0.15) is 58.1 Å². The van der Waals surface area contributed by atoms with E-state index in [1.54, 1.807) is 18.5 Å². The average Bonchev–Trinajstić information content (AvgIpc) is 2.86. The lowest BCUT2D eigenvalue weighted by Crippen LogP contribution is -2.43. The fourth-order valence-corrected chi connectivity index (χ4v) is 4.20. The number of nitrogens with two attached hydrogens (primary N) is 1. The molecule has 188 valence electrons. The van der Waals surface area contributed by atoms with Crippen LogP contribution in [0.4, 0.5) is 0 Å². The summed E-state index contributed by atoms with van der Waals surface area (Å²) in [5.41, 5.74) is 9.54. The van der Waals surface area contributed by atoms with E-state index < -0.39 is 5.91 Å². The Balaban J connectivity index is 1.48. The van der Waals surface area contributed by atoms with Crippen molar-refractivity contribution in [1.82, 2.24) is 20.3 Å². The Bertz CT molecular complexity index is 1240. The highest BCUT2D eigenvalue weighted by molar-refractivity contribution is 5.97. The Labute approximate surface area is 210 Å². The molecule has 0 spiro atoms. The number of amides is 2. The number of nitrogens with one attached hydrogen (secondary N) is 1. The van der Waals surface area contributed by atoms with Gasteiger partial charge in [0.1, 0.15) is 23.9 Å². The van der Waals surface area contributed by atoms with E-state index in [-0.39, 0.29) is 23.7 Å². The number of carbonyl (C=O) groups is 2. The predicted molar refractivity (Wildman–Crippen MR) is 135 cm³/mol. The number of primary amides is 1. The Kier molecular flexibility index (Phi) is 7.90. The highest BCUT2D eigenvalue weighted by Gasteiger charge is 2.25. The van der Waals surface area contributed by atoms with Gasteiger partial charge in [-0.1, -0.05) is 12.1 Å². The summed E-state index contributed by atoms with van der Waals surface area (Å²) in [6, 6.07) is 7.31. The van der Waals surface area contributed by atoms with Crippen molar-refractivity contribution in [3.05, 3.63) is 71.1 Å². The maximum Gasteiger partial charge on any atom is 0.267 e. The molecule has 1 aliphatic rings. The second kappa shape index (κ2) is 11.3. The number of carbonyl (C=O) groups excluding carboxylic acids is 2. The molecule has 3 heterocycles. The molecule has 0 fully saturated rings. The Morgan fingerprint density at radius 3 is 2.69 bits per heavy atom. The molecule has 36 heavy (non-hydrogen) atoms. The van der Waals surface area contributed by atoms with E-state index in [4.69, 9.17) is 15.2 Å². The van der Waals surface area contributed by atoms with Crippen LogP contribution in [-0.4, -0.2) is 52.1 Å². The fourth-order valence-electron chi connectivity index (χ4n) is 4.20. The molecule has 0 bridgehead atoms. The second-order valence-electron chi connectivity index (χ2n) is 9.11. The van der Waals surface area contributed by atoms with Crippen molar-refractivity contribution >= 4 is 11.8 Å². The number of aromatic nitrogens is 3. The lowest BCUT2D eigenvalue weighted by molar-refractivity contribution is 0.0770. The Morgan fingerprint density at radius 2 is 1.97 bits per heavy atom. The fraction of sp³-hybridized carbons (Fsp3) is 0.370. The monoisotopic (exact) mass is 489 g/mol. The SMILES string of the molecule is Cc1ncc(-c2cccc3c2C[C@H](NC(=O)c2cnc(C(N)=O)c(CCCOC(C)C)c2)CO3)cn1. The summed E-state index contributed by atoms with van der Waals surface area (Å²) in [6.07, 6.45) is 6.90. The summed E-state index contributed by atoms with van der Waals surface area (Å²) < 4.78 is 11.6. The highest BCUT2D eigenvalue weighted by Crippen LogP contribution is 2.34. The van der Waals surface area contributed by atoms with Crippen LogP contribution in [-0.2, 0) is 17.6 Å². The molecule has 9 heteroatoms. The minimum Gasteiger partial charge on any atom is -0.491 e. The van der Waals surface area contributed by atoms with Gasteiger partial charge in [-0.25, -0.2) is 15.0 Å². The third-order valence-corrected chi connectivity index (χ3v) is 5.95. The van der Waals surface area contributed by atoms with Gasteiger partial charge in [0.2, 0.25) is 0 Å². The van der Waals surface area contributed by atoms with Gasteiger partial charge in [-0.2, -0.15) is 0 Å². The van der Waals surface area contributed by atoms with Crippen LogP contribution in [0.25, 0.3) is 11.1 Å². The van der Waals surface area contributed by atoms with E-state index in [1.165, 1.54) is 6.20 Å². The van der Waals surface area contributed by atoms with E-state index in [9.17, 15) is 9.59 Å². The van der Waals surface area contributed by atoms with Crippen molar-refractivity contribution in [3.63, 3.8) is 0 Å². The summed E-state index contributed by atoms with van der Waals surface area (Å²) >= 11 is 0. The number of fused-ring (bicyclic) bond motifs is 1. The number of hydrogen-bond acceptors (Lipinski definition) is 7. The molecular formula is C27H31N5O4. The summed E-state index contributed by atoms with van der Waals surface area (Å²) in [4.78, 5) is 37.7. The van der Waals surface area contributed by atoms with Gasteiger partial charge >= 0.3 is 0 Å². The molecule has 3 aromatic rings. The van der Waals surface area contributed by atoms with E-state index in [0.717, 1.165) is 22.4 Å². The van der Waals surface area contributed by atoms with Crippen molar-refractivity contribution in [2.24, 2.45) is 5.73 Å². The second-order valence-corrected chi connectivity index (χ2v) is 9.11. The molecule has 1 atom stereocenters. The summed E-state index contributed by atoms with van der Waals surface area (Å²) in [7, 11) is 0. The summed E-state index contributed by atoms with van der Waals surface area (Å²) in [6.45, 7) is 6.66. The molecule has 4 rings (SSSR count). The molecule has 9 nitrogen and oxygen atoms in total. The van der Waals surface area contributed by atoms with Crippen molar-refractivity contribution in [1.29, 1.82) is 0 Å². The number of benzene rings is 1. The first kappa shape index (κ1) is 25.2. The minimum atomic E-state index is -0.619. The smallest absolute Gasteiger partial charge is 0.267 e. The van der Waals surface area contributed by atoms with Crippen LogP contribution in [0.15, 0.2) is 42.9 Å². The van der Waals surface area contributed by atoms with Gasteiger partial charge in [0.15, 0.2) is 0 Å². The zero-order chi connectivity index (χ0) is 25.7. The maximum absolute atomic E-state index is 13.1. The number of nitrogens with zero attached hydrogens (tertiary/aromatic N) is 3. The topological polar surface area (TPSA) is 129 Å². The molecule has 0 saturated heterocycles. The molecule has 1 aliphatic heterocycles. The van der Waals surface area contributed by atoms with Crippen LogP contribution in [0.2, 0.25) is 0 Å². The van der Waals surface area contributed by atoms with E-state index in [1.807, 2.05) is 39.0 Å². The third-order valence-electron chi connectivity index (χ3n) is 5.95. The normalized spacial score (nSPS) is 14.7. The summed E-state index contributed by atoms with van der Waals surface area (Å²) in [5, 5.41) is 3.05. The summed E-state index contributed by atoms with van der Waals surface area (Å²) in [5.74, 6) is 0.586. The highest BCUT2D eigenvalue weighted by atomic mass is 16.5. The molecule has 0 aliphatic carbocycles. The van der Waals surface area contributed by atoms with E-state index in [2.05, 4.69) is 20.3 Å². The Hall–Kier alpha value is -3.85. The van der Waals surface area contributed by atoms with Gasteiger partial charge in [-0.05, 0) is 56.9 Å². The predicted octanol–water partition coefficient (Wildman–Crippen LogP) is 3.04. The lowest BCUT2D eigenvalue weighted by Gasteiger charge is -2.28. The largest absolute Gasteiger partial charge is 0.491 e. The number of aryl methyl sites for hydroxylation is 2. The maximum atomic E-state index is 13.1. The van der Waals surface area contributed by atoms with Crippen molar-refractivity contribution < 1.29 is 19.1 Å². The number of hydrogen-bond donors (Lipinski definition) is 2. The minimum absolute atomic E-state index is 0.123. The lowest BCUT2D eigenvalue weighted by atomic mass is 9.94. The zero-order valence-corrected chi connectivity index (χ0v) is 20.8. The van der Waals surface area contributed by atoms with Crippen molar-refractivity contribution in [3.8, 4) is 16.9 Å². The zero-order valence-electron chi connectivity index (χ0n) is 20.8. The van der Waals surface area contributed by atoms with Gasteiger partial charge < -0.3 is 20.5 Å². The molecule has 2 aromatic heterocycles. The molecule has 3 N–H and O–H groups in total. The molecule has 2 amide bonds. The van der Waals surface area contributed by atoms with Gasteiger partial charge in [-0.15, -0.1) is 0 Å². The van der Waals surface area contributed by atoms with Gasteiger partial charge in [0.25, 0.3) is 11.8 Å². The van der Waals surface area contributed by atoms with Crippen LogP contribution < -0.4 is 15.8 Å².